The lowest BCUT2D eigenvalue weighted by molar-refractivity contribution is 0.572. The minimum absolute atomic E-state index is 0. The Morgan fingerprint density at radius 2 is 1.78 bits per heavy atom. The van der Waals surface area contributed by atoms with Crippen molar-refractivity contribution in [2.45, 2.75) is 19.9 Å². The van der Waals surface area contributed by atoms with E-state index >= 15 is 0 Å². The lowest BCUT2D eigenvalue weighted by Gasteiger charge is -2.10. The van der Waals surface area contributed by atoms with E-state index in [0.29, 0.717) is 12.4 Å². The first-order chi connectivity index (χ1) is 15.3. The van der Waals surface area contributed by atoms with Gasteiger partial charge in [-0.1, -0.05) is 36.4 Å². The molecule has 0 unspecified atom stereocenters. The second-order valence-electron chi connectivity index (χ2n) is 7.01. The van der Waals surface area contributed by atoms with E-state index < -0.39 is 0 Å². The molecule has 4 rings (SSSR count). The zero-order valence-corrected chi connectivity index (χ0v) is 20.3. The molecule has 8 heteroatoms. The van der Waals surface area contributed by atoms with Crippen LogP contribution >= 0.6 is 24.0 Å². The van der Waals surface area contributed by atoms with Gasteiger partial charge >= 0.3 is 0 Å². The fourth-order valence-corrected chi connectivity index (χ4v) is 3.13. The molecule has 0 amide bonds. The van der Waals surface area contributed by atoms with Crippen molar-refractivity contribution < 1.29 is 4.42 Å². The lowest BCUT2D eigenvalue weighted by atomic mass is 10.2. The van der Waals surface area contributed by atoms with Gasteiger partial charge in [0.15, 0.2) is 5.96 Å². The molecule has 7 nitrogen and oxygen atoms in total. The summed E-state index contributed by atoms with van der Waals surface area (Å²) in [6.07, 6.45) is 6.47. The molecule has 2 heterocycles. The number of rotatable bonds is 8. The number of para-hydroxylation sites is 1. The molecule has 0 spiro atoms. The SMILES string of the molecule is CCNC(=NCc1coc(-c2ccccc2)n1)NCCc1cnn(-c2ccccc2)c1.I. The van der Waals surface area contributed by atoms with Crippen LogP contribution in [0.4, 0.5) is 0 Å². The maximum Gasteiger partial charge on any atom is 0.226 e. The summed E-state index contributed by atoms with van der Waals surface area (Å²) >= 11 is 0. The summed E-state index contributed by atoms with van der Waals surface area (Å²) in [6.45, 7) is 4.02. The molecule has 4 aromatic rings. The average molecular weight is 542 g/mol. The Labute approximate surface area is 205 Å². The predicted octanol–water partition coefficient (Wildman–Crippen LogP) is 4.44. The maximum atomic E-state index is 5.59. The van der Waals surface area contributed by atoms with Gasteiger partial charge in [0.1, 0.15) is 12.0 Å². The standard InChI is InChI=1S/C24H26N6O.HI/c1-2-25-24(27-16-21-18-31-23(29-21)20-9-5-3-6-10-20)26-14-13-19-15-28-30(17-19)22-11-7-4-8-12-22;/h3-12,15,17-18H,2,13-14,16H2,1H3,(H2,25,26,27);1H. The fraction of sp³-hybridized carbons (Fsp3) is 0.208. The van der Waals surface area contributed by atoms with Gasteiger partial charge in [0.2, 0.25) is 5.89 Å². The Hall–Kier alpha value is -3.14. The topological polar surface area (TPSA) is 80.3 Å². The number of benzene rings is 2. The smallest absolute Gasteiger partial charge is 0.226 e. The van der Waals surface area contributed by atoms with Crippen LogP contribution in [0, 0.1) is 0 Å². The van der Waals surface area contributed by atoms with Gasteiger partial charge in [0.05, 0.1) is 18.4 Å². The van der Waals surface area contributed by atoms with Crippen molar-refractivity contribution in [3.8, 4) is 17.1 Å². The fourth-order valence-electron chi connectivity index (χ4n) is 3.13. The monoisotopic (exact) mass is 542 g/mol. The third kappa shape index (κ3) is 6.43. The maximum absolute atomic E-state index is 5.59. The molecule has 2 N–H and O–H groups in total. The number of hydrogen-bond acceptors (Lipinski definition) is 4. The number of hydrogen-bond donors (Lipinski definition) is 2. The number of nitrogens with one attached hydrogen (secondary N) is 2. The largest absolute Gasteiger partial charge is 0.444 e. The first kappa shape index (κ1) is 23.5. The molecule has 0 atom stereocenters. The number of halogens is 1. The lowest BCUT2D eigenvalue weighted by Crippen LogP contribution is -2.38. The van der Waals surface area contributed by atoms with E-state index in [4.69, 9.17) is 4.42 Å². The van der Waals surface area contributed by atoms with Gasteiger partial charge in [-0.3, -0.25) is 0 Å². The molecule has 0 fully saturated rings. The Morgan fingerprint density at radius 3 is 2.53 bits per heavy atom. The summed E-state index contributed by atoms with van der Waals surface area (Å²) in [5.74, 6) is 1.36. The number of oxazole rings is 1. The molecule has 0 aliphatic carbocycles. The van der Waals surface area contributed by atoms with Gasteiger partial charge in [0, 0.05) is 24.8 Å². The molecule has 0 aliphatic rings. The van der Waals surface area contributed by atoms with E-state index in [0.717, 1.165) is 48.0 Å². The van der Waals surface area contributed by atoms with Crippen molar-refractivity contribution in [2.75, 3.05) is 13.1 Å². The molecule has 0 radical (unpaired) electrons. The van der Waals surface area contributed by atoms with Crippen molar-refractivity contribution in [2.24, 2.45) is 4.99 Å². The van der Waals surface area contributed by atoms with Crippen molar-refractivity contribution in [1.29, 1.82) is 0 Å². The van der Waals surface area contributed by atoms with Crippen LogP contribution in [0.3, 0.4) is 0 Å². The Kier molecular flexibility index (Phi) is 8.85. The van der Waals surface area contributed by atoms with Crippen LogP contribution in [0.1, 0.15) is 18.2 Å². The van der Waals surface area contributed by atoms with E-state index in [2.05, 4.69) is 31.9 Å². The minimum atomic E-state index is 0. The molecule has 2 aromatic carbocycles. The third-order valence-electron chi connectivity index (χ3n) is 4.68. The third-order valence-corrected chi connectivity index (χ3v) is 4.68. The second kappa shape index (κ2) is 12.0. The first-order valence-electron chi connectivity index (χ1n) is 10.4. The first-order valence-corrected chi connectivity index (χ1v) is 10.4. The number of aromatic nitrogens is 3. The molecular weight excluding hydrogens is 515 g/mol. The van der Waals surface area contributed by atoms with E-state index in [1.807, 2.05) is 78.5 Å². The summed E-state index contributed by atoms with van der Waals surface area (Å²) < 4.78 is 7.48. The van der Waals surface area contributed by atoms with Crippen LogP contribution < -0.4 is 10.6 Å². The highest BCUT2D eigenvalue weighted by atomic mass is 127. The van der Waals surface area contributed by atoms with Crippen LogP contribution in [0.5, 0.6) is 0 Å². The van der Waals surface area contributed by atoms with E-state index in [-0.39, 0.29) is 24.0 Å². The summed E-state index contributed by atoms with van der Waals surface area (Å²) in [7, 11) is 0. The summed E-state index contributed by atoms with van der Waals surface area (Å²) in [5, 5.41) is 11.1. The molecule has 0 saturated carbocycles. The van der Waals surface area contributed by atoms with Gasteiger partial charge in [-0.15, -0.1) is 24.0 Å². The van der Waals surface area contributed by atoms with Crippen LogP contribution in [0.25, 0.3) is 17.1 Å². The van der Waals surface area contributed by atoms with E-state index in [9.17, 15) is 0 Å². The van der Waals surface area contributed by atoms with Crippen molar-refractivity contribution in [1.82, 2.24) is 25.4 Å². The zero-order valence-electron chi connectivity index (χ0n) is 17.9. The molecule has 0 bridgehead atoms. The second-order valence-corrected chi connectivity index (χ2v) is 7.01. The predicted molar refractivity (Wildman–Crippen MR) is 137 cm³/mol. The normalized spacial score (nSPS) is 11.1. The Morgan fingerprint density at radius 1 is 1.03 bits per heavy atom. The van der Waals surface area contributed by atoms with Gasteiger partial charge in [-0.2, -0.15) is 5.10 Å². The zero-order chi connectivity index (χ0) is 21.3. The van der Waals surface area contributed by atoms with Crippen LogP contribution in [-0.4, -0.2) is 33.8 Å². The van der Waals surface area contributed by atoms with Gasteiger partial charge < -0.3 is 15.1 Å². The van der Waals surface area contributed by atoms with Crippen LogP contribution in [0.15, 0.2) is 88.7 Å². The van der Waals surface area contributed by atoms with Crippen LogP contribution in [-0.2, 0) is 13.0 Å². The number of nitrogens with zero attached hydrogens (tertiary/aromatic N) is 4. The highest BCUT2D eigenvalue weighted by Gasteiger charge is 2.07. The molecule has 0 saturated heterocycles. The van der Waals surface area contributed by atoms with Gasteiger partial charge in [-0.25, -0.2) is 14.7 Å². The molecular formula is C24H27IN6O. The van der Waals surface area contributed by atoms with Gasteiger partial charge in [-0.05, 0) is 43.2 Å². The van der Waals surface area contributed by atoms with Crippen molar-refractivity contribution >= 4 is 29.9 Å². The van der Waals surface area contributed by atoms with Crippen LogP contribution in [0.2, 0.25) is 0 Å². The summed E-state index contributed by atoms with van der Waals surface area (Å²) in [4.78, 5) is 9.16. The van der Waals surface area contributed by atoms with Crippen molar-refractivity contribution in [3.63, 3.8) is 0 Å². The Balaban J connectivity index is 0.00000289. The molecule has 0 aliphatic heterocycles. The van der Waals surface area contributed by atoms with E-state index in [1.54, 1.807) is 6.26 Å². The minimum Gasteiger partial charge on any atom is -0.444 e. The number of aliphatic imine (C=N–C) groups is 1. The Bertz CT molecular complexity index is 1110. The van der Waals surface area contributed by atoms with Gasteiger partial charge in [0.25, 0.3) is 0 Å². The molecule has 32 heavy (non-hydrogen) atoms. The highest BCUT2D eigenvalue weighted by Crippen LogP contribution is 2.18. The molecule has 166 valence electrons. The van der Waals surface area contributed by atoms with Crippen molar-refractivity contribution in [3.05, 3.63) is 90.6 Å². The van der Waals surface area contributed by atoms with E-state index in [1.165, 1.54) is 0 Å². The number of guanidine groups is 1. The average Bonchev–Trinajstić information content (AvgIpc) is 3.49. The highest BCUT2D eigenvalue weighted by molar-refractivity contribution is 14.0. The molecule has 2 aromatic heterocycles. The summed E-state index contributed by atoms with van der Waals surface area (Å²) in [5.41, 5.74) is 3.97. The quantitative estimate of drug-likeness (QED) is 0.196. The summed E-state index contributed by atoms with van der Waals surface area (Å²) in [6, 6.07) is 20.0.